The van der Waals surface area contributed by atoms with Gasteiger partial charge < -0.3 is 14.8 Å². The second-order valence-electron chi connectivity index (χ2n) is 5.32. The first kappa shape index (κ1) is 15.8. The Hall–Kier alpha value is -3.08. The van der Waals surface area contributed by atoms with Crippen LogP contribution in [0.4, 0.5) is 5.69 Å². The van der Waals surface area contributed by atoms with Crippen molar-refractivity contribution in [2.75, 3.05) is 19.5 Å². The number of hydrogen-bond acceptors (Lipinski definition) is 4. The molecule has 0 unspecified atom stereocenters. The highest BCUT2D eigenvalue weighted by Crippen LogP contribution is 2.30. The number of fused-ring (bicyclic) bond motifs is 1. The topological polar surface area (TPSA) is 60.5 Å². The van der Waals surface area contributed by atoms with Crippen LogP contribution in [-0.2, 0) is 0 Å². The standard InChI is InChI=1S/C19H18N2O3/c1-12-10-11-13-14(20-12)6-4-7-15(13)21-19(22)18-16(23-2)8-5-9-17(18)24-3/h4-11H,1-3H3,(H,21,22). The van der Waals surface area contributed by atoms with E-state index >= 15 is 0 Å². The number of pyridine rings is 1. The number of ether oxygens (including phenoxy) is 2. The van der Waals surface area contributed by atoms with E-state index in [0.717, 1.165) is 16.6 Å². The molecule has 1 N–H and O–H groups in total. The molecule has 0 saturated carbocycles. The number of carbonyl (C=O) groups excluding carboxylic acids is 1. The maximum Gasteiger partial charge on any atom is 0.263 e. The highest BCUT2D eigenvalue weighted by molar-refractivity contribution is 6.11. The van der Waals surface area contributed by atoms with Gasteiger partial charge in [0.25, 0.3) is 5.91 Å². The van der Waals surface area contributed by atoms with Gasteiger partial charge in [0.15, 0.2) is 0 Å². The highest BCUT2D eigenvalue weighted by Gasteiger charge is 2.19. The largest absolute Gasteiger partial charge is 0.496 e. The Morgan fingerprint density at radius 3 is 2.29 bits per heavy atom. The first-order valence-corrected chi connectivity index (χ1v) is 7.52. The zero-order chi connectivity index (χ0) is 17.1. The molecule has 122 valence electrons. The molecule has 0 spiro atoms. The lowest BCUT2D eigenvalue weighted by atomic mass is 10.1. The Morgan fingerprint density at radius 1 is 0.958 bits per heavy atom. The summed E-state index contributed by atoms with van der Waals surface area (Å²) in [6, 6.07) is 14.7. The fraction of sp³-hybridized carbons (Fsp3) is 0.158. The average molecular weight is 322 g/mol. The summed E-state index contributed by atoms with van der Waals surface area (Å²) in [4.78, 5) is 17.3. The molecule has 1 aromatic heterocycles. The summed E-state index contributed by atoms with van der Waals surface area (Å²) in [7, 11) is 3.05. The molecule has 0 bridgehead atoms. The molecular formula is C19H18N2O3. The molecule has 0 aliphatic heterocycles. The van der Waals surface area contributed by atoms with Gasteiger partial charge in [0.2, 0.25) is 0 Å². The smallest absolute Gasteiger partial charge is 0.263 e. The molecule has 0 aliphatic carbocycles. The number of nitrogens with one attached hydrogen (secondary N) is 1. The van der Waals surface area contributed by atoms with Crippen molar-refractivity contribution in [3.63, 3.8) is 0 Å². The summed E-state index contributed by atoms with van der Waals surface area (Å²) in [5.41, 5.74) is 2.81. The summed E-state index contributed by atoms with van der Waals surface area (Å²) in [5, 5.41) is 3.81. The molecule has 1 amide bonds. The zero-order valence-corrected chi connectivity index (χ0v) is 13.8. The van der Waals surface area contributed by atoms with Crippen LogP contribution in [-0.4, -0.2) is 25.1 Å². The van der Waals surface area contributed by atoms with E-state index in [1.807, 2.05) is 37.3 Å². The Morgan fingerprint density at radius 2 is 1.62 bits per heavy atom. The summed E-state index contributed by atoms with van der Waals surface area (Å²) >= 11 is 0. The predicted octanol–water partition coefficient (Wildman–Crippen LogP) is 3.81. The Balaban J connectivity index is 2.02. The van der Waals surface area contributed by atoms with E-state index in [4.69, 9.17) is 9.47 Å². The third-order valence-corrected chi connectivity index (χ3v) is 3.77. The van der Waals surface area contributed by atoms with Gasteiger partial charge in [0.1, 0.15) is 17.1 Å². The minimum absolute atomic E-state index is 0.294. The van der Waals surface area contributed by atoms with E-state index in [1.165, 1.54) is 14.2 Å². The fourth-order valence-corrected chi connectivity index (χ4v) is 2.63. The molecular weight excluding hydrogens is 304 g/mol. The van der Waals surface area contributed by atoms with Crippen LogP contribution in [0.5, 0.6) is 11.5 Å². The number of rotatable bonds is 4. The van der Waals surface area contributed by atoms with Gasteiger partial charge in [-0.15, -0.1) is 0 Å². The highest BCUT2D eigenvalue weighted by atomic mass is 16.5. The van der Waals surface area contributed by atoms with Crippen molar-refractivity contribution in [3.05, 3.63) is 59.8 Å². The minimum Gasteiger partial charge on any atom is -0.496 e. The second-order valence-corrected chi connectivity index (χ2v) is 5.32. The maximum absolute atomic E-state index is 12.8. The monoisotopic (exact) mass is 322 g/mol. The first-order chi connectivity index (χ1) is 11.6. The molecule has 0 saturated heterocycles. The molecule has 24 heavy (non-hydrogen) atoms. The van der Waals surface area contributed by atoms with Gasteiger partial charge in [-0.2, -0.15) is 0 Å². The maximum atomic E-state index is 12.8. The summed E-state index contributed by atoms with van der Waals surface area (Å²) < 4.78 is 10.6. The van der Waals surface area contributed by atoms with Crippen molar-refractivity contribution in [2.24, 2.45) is 0 Å². The first-order valence-electron chi connectivity index (χ1n) is 7.52. The van der Waals surface area contributed by atoms with E-state index in [-0.39, 0.29) is 5.91 Å². The van der Waals surface area contributed by atoms with Crippen molar-refractivity contribution >= 4 is 22.5 Å². The van der Waals surface area contributed by atoms with Crippen LogP contribution in [0, 0.1) is 6.92 Å². The number of aryl methyl sites for hydroxylation is 1. The number of amides is 1. The van der Waals surface area contributed by atoms with Crippen LogP contribution in [0.3, 0.4) is 0 Å². The molecule has 1 heterocycles. The molecule has 3 rings (SSSR count). The molecule has 0 aliphatic rings. The molecule has 5 nitrogen and oxygen atoms in total. The molecule has 3 aromatic rings. The molecule has 0 atom stereocenters. The zero-order valence-electron chi connectivity index (χ0n) is 13.8. The lowest BCUT2D eigenvalue weighted by Gasteiger charge is -2.14. The van der Waals surface area contributed by atoms with Gasteiger partial charge in [0.05, 0.1) is 25.4 Å². The van der Waals surface area contributed by atoms with Gasteiger partial charge in [-0.1, -0.05) is 12.1 Å². The van der Waals surface area contributed by atoms with Crippen LogP contribution in [0.1, 0.15) is 16.1 Å². The Labute approximate surface area is 140 Å². The van der Waals surface area contributed by atoms with Gasteiger partial charge >= 0.3 is 0 Å². The Bertz CT molecular complexity index is 884. The van der Waals surface area contributed by atoms with E-state index in [1.54, 1.807) is 18.2 Å². The lowest BCUT2D eigenvalue weighted by molar-refractivity contribution is 0.102. The SMILES string of the molecule is COc1cccc(OC)c1C(=O)Nc1cccc2nc(C)ccc12. The van der Waals surface area contributed by atoms with Crippen molar-refractivity contribution in [2.45, 2.75) is 6.92 Å². The summed E-state index contributed by atoms with van der Waals surface area (Å²) in [6.07, 6.45) is 0. The van der Waals surface area contributed by atoms with Crippen molar-refractivity contribution in [1.29, 1.82) is 0 Å². The van der Waals surface area contributed by atoms with Gasteiger partial charge in [0, 0.05) is 11.1 Å². The number of anilines is 1. The number of carbonyl (C=O) groups is 1. The van der Waals surface area contributed by atoms with E-state index in [0.29, 0.717) is 22.7 Å². The number of aromatic nitrogens is 1. The van der Waals surface area contributed by atoms with Crippen molar-refractivity contribution in [1.82, 2.24) is 4.98 Å². The normalized spacial score (nSPS) is 10.5. The predicted molar refractivity (Wildman–Crippen MR) is 94.0 cm³/mol. The lowest BCUT2D eigenvalue weighted by Crippen LogP contribution is -2.15. The van der Waals surface area contributed by atoms with Gasteiger partial charge in [-0.3, -0.25) is 9.78 Å². The van der Waals surface area contributed by atoms with Gasteiger partial charge in [-0.25, -0.2) is 0 Å². The quantitative estimate of drug-likeness (QED) is 0.793. The number of methoxy groups -OCH3 is 2. The van der Waals surface area contributed by atoms with E-state index < -0.39 is 0 Å². The molecule has 0 fully saturated rings. The molecule has 2 aromatic carbocycles. The van der Waals surface area contributed by atoms with E-state index in [9.17, 15) is 4.79 Å². The van der Waals surface area contributed by atoms with Crippen molar-refractivity contribution in [3.8, 4) is 11.5 Å². The number of nitrogens with zero attached hydrogens (tertiary/aromatic N) is 1. The fourth-order valence-electron chi connectivity index (χ4n) is 2.63. The third kappa shape index (κ3) is 2.88. The third-order valence-electron chi connectivity index (χ3n) is 3.77. The van der Waals surface area contributed by atoms with Crippen LogP contribution in [0.2, 0.25) is 0 Å². The average Bonchev–Trinajstić information content (AvgIpc) is 2.60. The van der Waals surface area contributed by atoms with Crippen LogP contribution in [0.25, 0.3) is 10.9 Å². The van der Waals surface area contributed by atoms with Crippen LogP contribution in [0.15, 0.2) is 48.5 Å². The van der Waals surface area contributed by atoms with Crippen molar-refractivity contribution < 1.29 is 14.3 Å². The summed E-state index contributed by atoms with van der Waals surface area (Å²) in [5.74, 6) is 0.625. The molecule has 5 heteroatoms. The number of benzene rings is 2. The minimum atomic E-state index is -0.294. The van der Waals surface area contributed by atoms with Crippen LogP contribution >= 0.6 is 0 Å². The Kier molecular flexibility index (Phi) is 4.33. The second kappa shape index (κ2) is 6.58. The van der Waals surface area contributed by atoms with Gasteiger partial charge in [-0.05, 0) is 43.3 Å². The number of hydrogen-bond donors (Lipinski definition) is 1. The van der Waals surface area contributed by atoms with Crippen LogP contribution < -0.4 is 14.8 Å². The molecule has 0 radical (unpaired) electrons. The summed E-state index contributed by atoms with van der Waals surface area (Å²) in [6.45, 7) is 1.93. The van der Waals surface area contributed by atoms with E-state index in [2.05, 4.69) is 10.3 Å².